The van der Waals surface area contributed by atoms with Gasteiger partial charge in [0.2, 0.25) is 5.91 Å². The molecule has 1 saturated heterocycles. The first-order valence-electron chi connectivity index (χ1n) is 13.6. The minimum Gasteiger partial charge on any atom is -0.339 e. The van der Waals surface area contributed by atoms with Gasteiger partial charge in [0, 0.05) is 18.4 Å². The predicted molar refractivity (Wildman–Crippen MR) is 141 cm³/mol. The highest BCUT2D eigenvalue weighted by atomic mass is 19.4. The van der Waals surface area contributed by atoms with Crippen molar-refractivity contribution in [2.24, 2.45) is 11.8 Å². The lowest BCUT2D eigenvalue weighted by molar-refractivity contribution is -0.150. The maximum Gasteiger partial charge on any atom is 0.410 e. The summed E-state index contributed by atoms with van der Waals surface area (Å²) in [7, 11) is 0. The van der Waals surface area contributed by atoms with Gasteiger partial charge in [-0.1, -0.05) is 19.8 Å². The van der Waals surface area contributed by atoms with Crippen molar-refractivity contribution >= 4 is 23.7 Å². The van der Waals surface area contributed by atoms with Crippen LogP contribution in [0.3, 0.4) is 0 Å². The summed E-state index contributed by atoms with van der Waals surface area (Å²) in [4.78, 5) is 44.4. The minimum atomic E-state index is -4.55. The molecule has 40 heavy (non-hydrogen) atoms. The van der Waals surface area contributed by atoms with Crippen LogP contribution in [0.15, 0.2) is 30.6 Å². The van der Waals surface area contributed by atoms with Gasteiger partial charge in [0.25, 0.3) is 5.91 Å². The molecule has 4 amide bonds. The van der Waals surface area contributed by atoms with Crippen molar-refractivity contribution in [1.82, 2.24) is 30.3 Å². The maximum absolute atomic E-state index is 13.6. The second-order valence-electron chi connectivity index (χ2n) is 11.1. The molecule has 2 aromatic heterocycles. The highest BCUT2D eigenvalue weighted by Crippen LogP contribution is 2.32. The second kappa shape index (κ2) is 11.8. The number of carbonyl (C=O) groups excluding carboxylic acids is 3. The first-order valence-corrected chi connectivity index (χ1v) is 13.6. The Hall–Kier alpha value is -3.64. The average molecular weight is 564 g/mol. The number of halogens is 3. The first-order chi connectivity index (χ1) is 18.8. The smallest absolute Gasteiger partial charge is 0.339 e. The summed E-state index contributed by atoms with van der Waals surface area (Å²) in [5.74, 6) is -0.198. The number of urea groups is 1. The molecule has 2 aromatic rings. The van der Waals surface area contributed by atoms with E-state index in [0.29, 0.717) is 17.2 Å². The van der Waals surface area contributed by atoms with Crippen molar-refractivity contribution in [2.75, 3.05) is 11.9 Å². The fraction of sp³-hybridized carbons (Fsp3) is 0.593. The lowest BCUT2D eigenvalue weighted by Gasteiger charge is -2.32. The third kappa shape index (κ3) is 6.56. The largest absolute Gasteiger partial charge is 0.410 e. The summed E-state index contributed by atoms with van der Waals surface area (Å²) in [6, 6.07) is 0.405. The number of hydrogen-bond donors (Lipinski definition) is 3. The zero-order valence-corrected chi connectivity index (χ0v) is 23.0. The van der Waals surface area contributed by atoms with E-state index in [1.54, 1.807) is 29.9 Å². The van der Waals surface area contributed by atoms with E-state index in [2.05, 4.69) is 27.6 Å². The van der Waals surface area contributed by atoms with Crippen molar-refractivity contribution in [3.8, 4) is 0 Å². The summed E-state index contributed by atoms with van der Waals surface area (Å²) >= 11 is 0. The van der Waals surface area contributed by atoms with Gasteiger partial charge in [-0.2, -0.15) is 18.3 Å². The van der Waals surface area contributed by atoms with Crippen LogP contribution in [0, 0.1) is 11.8 Å². The van der Waals surface area contributed by atoms with Gasteiger partial charge in [-0.3, -0.25) is 14.3 Å². The molecule has 3 N–H and O–H groups in total. The van der Waals surface area contributed by atoms with E-state index in [9.17, 15) is 27.6 Å². The predicted octanol–water partition coefficient (Wildman–Crippen LogP) is 4.44. The van der Waals surface area contributed by atoms with E-state index in [1.807, 2.05) is 19.2 Å². The first kappa shape index (κ1) is 29.3. The van der Waals surface area contributed by atoms with Crippen LogP contribution in [-0.4, -0.2) is 62.3 Å². The number of hydrogen-bond acceptors (Lipinski definition) is 5. The number of nitrogens with zero attached hydrogens (tertiary/aromatic N) is 4. The van der Waals surface area contributed by atoms with Crippen LogP contribution < -0.4 is 16.0 Å². The summed E-state index contributed by atoms with van der Waals surface area (Å²) in [5.41, 5.74) is 0.864. The van der Waals surface area contributed by atoms with Gasteiger partial charge in [-0.05, 0) is 69.2 Å². The number of amides is 4. The van der Waals surface area contributed by atoms with Gasteiger partial charge in [0.15, 0.2) is 0 Å². The molecule has 0 radical (unpaired) electrons. The van der Waals surface area contributed by atoms with Gasteiger partial charge in [-0.25, -0.2) is 9.78 Å². The summed E-state index contributed by atoms with van der Waals surface area (Å²) in [6.45, 7) is 7.08. The van der Waals surface area contributed by atoms with Crippen LogP contribution in [0.1, 0.15) is 81.5 Å². The standard InChI is InChI=1S/C27H36F3N7O3/c1-15(2)37-20(10-12-32-37)24(38)35-23(18-7-5-16(3)6-8-18)25(39)34-22-13-19(9-11-31-22)17(4)36-14-21(27(28,29)30)33-26(36)40/h9-13,15-18,21,23H,5-8,14H2,1-4H3,(H,33,40)(H,35,38)(H,31,34,39)/t16?,17-,18?,21+,23+/m1/s1. The number of nitrogens with one attached hydrogen (secondary N) is 3. The van der Waals surface area contributed by atoms with Gasteiger partial charge < -0.3 is 20.9 Å². The normalized spacial score (nSPS) is 23.1. The highest BCUT2D eigenvalue weighted by Gasteiger charge is 2.48. The Morgan fingerprint density at radius 3 is 2.42 bits per heavy atom. The van der Waals surface area contributed by atoms with Gasteiger partial charge >= 0.3 is 12.2 Å². The van der Waals surface area contributed by atoms with E-state index in [0.717, 1.165) is 30.6 Å². The Balaban J connectivity index is 1.51. The summed E-state index contributed by atoms with van der Waals surface area (Å²) in [6.07, 6.45) is 1.85. The quantitative estimate of drug-likeness (QED) is 0.439. The molecule has 10 nitrogen and oxygen atoms in total. The summed E-state index contributed by atoms with van der Waals surface area (Å²) in [5, 5.41) is 11.9. The topological polar surface area (TPSA) is 121 Å². The van der Waals surface area contributed by atoms with Crippen LogP contribution in [0.25, 0.3) is 0 Å². The molecule has 4 rings (SSSR count). The molecule has 13 heteroatoms. The van der Waals surface area contributed by atoms with E-state index in [-0.39, 0.29) is 17.8 Å². The molecule has 3 atom stereocenters. The molecule has 1 aliphatic carbocycles. The average Bonchev–Trinajstić information content (AvgIpc) is 3.55. The van der Waals surface area contributed by atoms with Crippen molar-refractivity contribution in [2.45, 2.75) is 83.7 Å². The Morgan fingerprint density at radius 1 is 1.10 bits per heavy atom. The molecular weight excluding hydrogens is 527 g/mol. The van der Waals surface area contributed by atoms with Crippen LogP contribution in [-0.2, 0) is 4.79 Å². The molecule has 1 saturated carbocycles. The fourth-order valence-corrected chi connectivity index (χ4v) is 5.37. The molecule has 0 aromatic carbocycles. The summed E-state index contributed by atoms with van der Waals surface area (Å²) < 4.78 is 41.0. The van der Waals surface area contributed by atoms with E-state index < -0.39 is 48.7 Å². The van der Waals surface area contributed by atoms with Crippen LogP contribution in [0.2, 0.25) is 0 Å². The number of pyridine rings is 1. The molecule has 0 spiro atoms. The Bertz CT molecular complexity index is 1220. The SMILES string of the molecule is CC1CCC([C@H](NC(=O)c2ccnn2C(C)C)C(=O)Nc2cc([C@@H](C)N3C[C@@H](C(F)(F)F)NC3=O)ccn2)CC1. The maximum atomic E-state index is 13.6. The number of anilines is 1. The molecular formula is C27H36F3N7O3. The van der Waals surface area contributed by atoms with Crippen molar-refractivity contribution in [3.05, 3.63) is 41.9 Å². The zero-order valence-electron chi connectivity index (χ0n) is 23.0. The molecule has 0 bridgehead atoms. The lowest BCUT2D eigenvalue weighted by Crippen LogP contribution is -2.49. The molecule has 2 fully saturated rings. The molecule has 218 valence electrons. The van der Waals surface area contributed by atoms with Crippen LogP contribution in [0.5, 0.6) is 0 Å². The minimum absolute atomic E-state index is 0.0448. The Kier molecular flexibility index (Phi) is 8.69. The van der Waals surface area contributed by atoms with Gasteiger partial charge in [0.1, 0.15) is 23.6 Å². The van der Waals surface area contributed by atoms with Crippen LogP contribution >= 0.6 is 0 Å². The van der Waals surface area contributed by atoms with Crippen molar-refractivity contribution < 1.29 is 27.6 Å². The molecule has 2 aliphatic rings. The number of aromatic nitrogens is 3. The number of carbonyl (C=O) groups is 3. The highest BCUT2D eigenvalue weighted by molar-refractivity contribution is 6.00. The second-order valence-corrected chi connectivity index (χ2v) is 11.1. The number of rotatable bonds is 8. The Morgan fingerprint density at radius 2 is 1.80 bits per heavy atom. The van der Waals surface area contributed by atoms with Gasteiger partial charge in [-0.15, -0.1) is 0 Å². The molecule has 3 heterocycles. The van der Waals surface area contributed by atoms with Crippen molar-refractivity contribution in [3.63, 3.8) is 0 Å². The molecule has 1 aliphatic heterocycles. The Labute approximate surface area is 231 Å². The molecule has 0 unspecified atom stereocenters. The lowest BCUT2D eigenvalue weighted by atomic mass is 9.79. The third-order valence-corrected chi connectivity index (χ3v) is 7.81. The third-order valence-electron chi connectivity index (χ3n) is 7.81. The fourth-order valence-electron chi connectivity index (χ4n) is 5.37. The van der Waals surface area contributed by atoms with Crippen LogP contribution in [0.4, 0.5) is 23.8 Å². The monoisotopic (exact) mass is 563 g/mol. The van der Waals surface area contributed by atoms with Crippen molar-refractivity contribution in [1.29, 1.82) is 0 Å². The van der Waals surface area contributed by atoms with E-state index in [4.69, 9.17) is 0 Å². The zero-order chi connectivity index (χ0) is 29.2. The van der Waals surface area contributed by atoms with E-state index in [1.165, 1.54) is 12.3 Å². The van der Waals surface area contributed by atoms with Gasteiger partial charge in [0.05, 0.1) is 12.6 Å². The number of alkyl halides is 3. The van der Waals surface area contributed by atoms with E-state index >= 15 is 0 Å².